The van der Waals surface area contributed by atoms with E-state index in [0.29, 0.717) is 48.6 Å². The van der Waals surface area contributed by atoms with Gasteiger partial charge in [-0.25, -0.2) is 18.3 Å². The molecule has 0 atom stereocenters. The monoisotopic (exact) mass is 482 g/mol. The summed E-state index contributed by atoms with van der Waals surface area (Å²) >= 11 is 0. The van der Waals surface area contributed by atoms with Gasteiger partial charge in [-0.05, 0) is 70.0 Å². The summed E-state index contributed by atoms with van der Waals surface area (Å²) in [6, 6.07) is 11.6. The topological polar surface area (TPSA) is 76.5 Å². The molecule has 2 heterocycles. The largest absolute Gasteiger partial charge is 0.444 e. The number of nitrogens with one attached hydrogen (secondary N) is 1. The van der Waals surface area contributed by atoms with Crippen LogP contribution in [0.5, 0.6) is 0 Å². The predicted octanol–water partition coefficient (Wildman–Crippen LogP) is 5.52. The molecule has 0 spiro atoms. The number of benzene rings is 2. The van der Waals surface area contributed by atoms with Crippen molar-refractivity contribution in [1.82, 2.24) is 14.7 Å². The molecule has 0 unspecified atom stereocenters. The standard InChI is InChI=1S/C26H28F2N4O3/c1-26(2,3)35-25(34)31-12-10-17(11-13-31)23-22(24(33)30-20-8-4-6-18(27)14-20)16-29-32(23)21-9-5-7-19(28)15-21/h4-9,14-17H,10-13H2,1-3H3,(H,30,33). The highest BCUT2D eigenvalue weighted by Crippen LogP contribution is 2.33. The third-order valence-corrected chi connectivity index (χ3v) is 5.72. The van der Waals surface area contributed by atoms with Crippen molar-refractivity contribution in [3.63, 3.8) is 0 Å². The summed E-state index contributed by atoms with van der Waals surface area (Å²) < 4.78 is 34.6. The van der Waals surface area contributed by atoms with E-state index in [0.717, 1.165) is 0 Å². The number of ether oxygens (including phenoxy) is 1. The number of halogens is 2. The van der Waals surface area contributed by atoms with Crippen LogP contribution in [0.25, 0.3) is 5.69 Å². The van der Waals surface area contributed by atoms with Gasteiger partial charge in [0.1, 0.15) is 17.2 Å². The van der Waals surface area contributed by atoms with Crippen LogP contribution in [0.4, 0.5) is 19.3 Å². The molecule has 0 bridgehead atoms. The van der Waals surface area contributed by atoms with Gasteiger partial charge in [0.2, 0.25) is 0 Å². The average molecular weight is 483 g/mol. The van der Waals surface area contributed by atoms with Gasteiger partial charge >= 0.3 is 6.09 Å². The van der Waals surface area contributed by atoms with Crippen molar-refractivity contribution in [3.8, 4) is 5.69 Å². The molecule has 4 rings (SSSR count). The number of carbonyl (C=O) groups excluding carboxylic acids is 2. The summed E-state index contributed by atoms with van der Waals surface area (Å²) in [7, 11) is 0. The zero-order valence-electron chi connectivity index (χ0n) is 19.9. The minimum atomic E-state index is -0.591. The van der Waals surface area contributed by atoms with Gasteiger partial charge < -0.3 is 15.0 Å². The highest BCUT2D eigenvalue weighted by Gasteiger charge is 2.32. The number of rotatable bonds is 4. The van der Waals surface area contributed by atoms with Gasteiger partial charge in [0, 0.05) is 24.7 Å². The van der Waals surface area contributed by atoms with Crippen molar-refractivity contribution in [2.75, 3.05) is 18.4 Å². The fraction of sp³-hybridized carbons (Fsp3) is 0.346. The molecule has 184 valence electrons. The Bertz CT molecular complexity index is 1230. The Morgan fingerprint density at radius 2 is 1.69 bits per heavy atom. The first-order valence-electron chi connectivity index (χ1n) is 11.5. The van der Waals surface area contributed by atoms with Crippen LogP contribution in [-0.2, 0) is 4.74 Å². The maximum absolute atomic E-state index is 14.0. The quantitative estimate of drug-likeness (QED) is 0.532. The average Bonchev–Trinajstić information content (AvgIpc) is 3.23. The molecule has 7 nitrogen and oxygen atoms in total. The molecule has 0 saturated carbocycles. The minimum absolute atomic E-state index is 0.118. The van der Waals surface area contributed by atoms with Crippen molar-refractivity contribution < 1.29 is 23.1 Å². The van der Waals surface area contributed by atoms with E-state index in [9.17, 15) is 18.4 Å². The Hall–Kier alpha value is -3.75. The molecule has 3 aromatic rings. The maximum Gasteiger partial charge on any atom is 0.410 e. The zero-order chi connectivity index (χ0) is 25.2. The van der Waals surface area contributed by atoms with E-state index < -0.39 is 23.1 Å². The molecule has 1 aliphatic heterocycles. The lowest BCUT2D eigenvalue weighted by Crippen LogP contribution is -2.41. The minimum Gasteiger partial charge on any atom is -0.444 e. The van der Waals surface area contributed by atoms with Crippen LogP contribution in [0, 0.1) is 11.6 Å². The predicted molar refractivity (Wildman–Crippen MR) is 128 cm³/mol. The van der Waals surface area contributed by atoms with E-state index in [4.69, 9.17) is 4.74 Å². The molecule has 1 N–H and O–H groups in total. The number of carbonyl (C=O) groups is 2. The Morgan fingerprint density at radius 3 is 2.31 bits per heavy atom. The van der Waals surface area contributed by atoms with Crippen LogP contribution in [0.15, 0.2) is 54.7 Å². The number of amides is 2. The number of likely N-dealkylation sites (tertiary alicyclic amines) is 1. The number of piperidine rings is 1. The molecule has 9 heteroatoms. The summed E-state index contributed by atoms with van der Waals surface area (Å²) in [6.45, 7) is 6.34. The molecule has 2 amide bonds. The first-order valence-corrected chi connectivity index (χ1v) is 11.5. The van der Waals surface area contributed by atoms with Crippen LogP contribution in [0.2, 0.25) is 0 Å². The fourth-order valence-electron chi connectivity index (χ4n) is 4.17. The highest BCUT2D eigenvalue weighted by molar-refractivity contribution is 6.05. The van der Waals surface area contributed by atoms with E-state index >= 15 is 0 Å². The normalized spacial score (nSPS) is 14.6. The van der Waals surface area contributed by atoms with Crippen molar-refractivity contribution in [2.45, 2.75) is 45.1 Å². The van der Waals surface area contributed by atoms with Gasteiger partial charge in [-0.2, -0.15) is 5.10 Å². The SMILES string of the molecule is CC(C)(C)OC(=O)N1CCC(c2c(C(=O)Nc3cccc(F)c3)cnn2-c2cccc(F)c2)CC1. The molecule has 1 saturated heterocycles. The second-order valence-electron chi connectivity index (χ2n) is 9.54. The molecule has 0 radical (unpaired) electrons. The van der Waals surface area contributed by atoms with E-state index in [1.54, 1.807) is 27.8 Å². The van der Waals surface area contributed by atoms with Crippen LogP contribution in [0.1, 0.15) is 55.6 Å². The first kappa shape index (κ1) is 24.4. The van der Waals surface area contributed by atoms with Gasteiger partial charge in [-0.1, -0.05) is 12.1 Å². The summed E-state index contributed by atoms with van der Waals surface area (Å²) in [6.07, 6.45) is 2.20. The van der Waals surface area contributed by atoms with Crippen molar-refractivity contribution in [2.24, 2.45) is 0 Å². The second-order valence-corrected chi connectivity index (χ2v) is 9.54. The van der Waals surface area contributed by atoms with Crippen molar-refractivity contribution in [3.05, 3.63) is 77.6 Å². The Balaban J connectivity index is 1.62. The van der Waals surface area contributed by atoms with Gasteiger partial charge in [0.05, 0.1) is 23.1 Å². The maximum atomic E-state index is 14.0. The number of hydrogen-bond acceptors (Lipinski definition) is 4. The summed E-state index contributed by atoms with van der Waals surface area (Å²) in [5, 5.41) is 7.11. The molecule has 1 aliphatic rings. The molecule has 1 aromatic heterocycles. The number of anilines is 1. The lowest BCUT2D eigenvalue weighted by Gasteiger charge is -2.34. The zero-order valence-corrected chi connectivity index (χ0v) is 19.9. The third-order valence-electron chi connectivity index (χ3n) is 5.72. The molecule has 35 heavy (non-hydrogen) atoms. The molecular weight excluding hydrogens is 454 g/mol. The molecule has 0 aliphatic carbocycles. The van der Waals surface area contributed by atoms with Crippen molar-refractivity contribution >= 4 is 17.7 Å². The summed E-state index contributed by atoms with van der Waals surface area (Å²) in [5.74, 6) is -1.45. The number of aromatic nitrogens is 2. The summed E-state index contributed by atoms with van der Waals surface area (Å²) in [5.41, 5.74) is 1.15. The van der Waals surface area contributed by atoms with E-state index in [1.807, 2.05) is 20.8 Å². The number of nitrogens with zero attached hydrogens (tertiary/aromatic N) is 3. The van der Waals surface area contributed by atoms with Crippen LogP contribution in [0.3, 0.4) is 0 Å². The van der Waals surface area contributed by atoms with Crippen LogP contribution < -0.4 is 5.32 Å². The lowest BCUT2D eigenvalue weighted by molar-refractivity contribution is 0.0203. The smallest absolute Gasteiger partial charge is 0.410 e. The molecular formula is C26H28F2N4O3. The van der Waals surface area contributed by atoms with Gasteiger partial charge in [0.25, 0.3) is 5.91 Å². The van der Waals surface area contributed by atoms with E-state index in [2.05, 4.69) is 10.4 Å². The third kappa shape index (κ3) is 5.85. The lowest BCUT2D eigenvalue weighted by atomic mass is 9.90. The molecule has 2 aromatic carbocycles. The summed E-state index contributed by atoms with van der Waals surface area (Å²) in [4.78, 5) is 27.3. The van der Waals surface area contributed by atoms with E-state index in [1.165, 1.54) is 36.5 Å². The van der Waals surface area contributed by atoms with Crippen molar-refractivity contribution in [1.29, 1.82) is 0 Å². The Morgan fingerprint density at radius 1 is 1.03 bits per heavy atom. The highest BCUT2D eigenvalue weighted by atomic mass is 19.1. The Labute approximate surface area is 202 Å². The molecule has 1 fully saturated rings. The Kier molecular flexibility index (Phi) is 6.86. The first-order chi connectivity index (χ1) is 16.6. The van der Waals surface area contributed by atoms with Crippen LogP contribution in [-0.4, -0.2) is 45.4 Å². The van der Waals surface area contributed by atoms with Crippen LogP contribution >= 0.6 is 0 Å². The van der Waals surface area contributed by atoms with Gasteiger partial charge in [-0.3, -0.25) is 4.79 Å². The second kappa shape index (κ2) is 9.85. The number of hydrogen-bond donors (Lipinski definition) is 1. The fourth-order valence-corrected chi connectivity index (χ4v) is 4.17. The van der Waals surface area contributed by atoms with E-state index in [-0.39, 0.29) is 12.0 Å². The van der Waals surface area contributed by atoms with Gasteiger partial charge in [-0.15, -0.1) is 0 Å². The van der Waals surface area contributed by atoms with Gasteiger partial charge in [0.15, 0.2) is 0 Å².